The molecule has 0 saturated carbocycles. The summed E-state index contributed by atoms with van der Waals surface area (Å²) in [5, 5.41) is 0. The summed E-state index contributed by atoms with van der Waals surface area (Å²) in [6, 6.07) is 3.61. The lowest BCUT2D eigenvalue weighted by molar-refractivity contribution is 0.0593. The third-order valence-corrected chi connectivity index (χ3v) is 2.15. The summed E-state index contributed by atoms with van der Waals surface area (Å²) in [6.07, 6.45) is 0.844. The Morgan fingerprint density at radius 2 is 2.29 bits per heavy atom. The number of alkyl halides is 1. The minimum Gasteiger partial charge on any atom is -0.464 e. The van der Waals surface area contributed by atoms with Crippen LogP contribution >= 0.6 is 11.6 Å². The van der Waals surface area contributed by atoms with Gasteiger partial charge in [-0.25, -0.2) is 9.78 Å². The monoisotopic (exact) mass is 213 g/mol. The quantitative estimate of drug-likeness (QED) is 0.571. The SMILES string of the molecule is CCc1cc(CCl)nc(C(=O)OC)c1. The molecule has 1 aromatic heterocycles. The molecule has 0 unspecified atom stereocenters. The van der Waals surface area contributed by atoms with Gasteiger partial charge in [-0.3, -0.25) is 0 Å². The molecule has 76 valence electrons. The van der Waals surface area contributed by atoms with Gasteiger partial charge in [0, 0.05) is 0 Å². The van der Waals surface area contributed by atoms with Gasteiger partial charge in [0.25, 0.3) is 0 Å². The molecule has 0 atom stereocenters. The highest BCUT2D eigenvalue weighted by Crippen LogP contribution is 2.09. The zero-order chi connectivity index (χ0) is 10.6. The van der Waals surface area contributed by atoms with Gasteiger partial charge in [0.2, 0.25) is 0 Å². The van der Waals surface area contributed by atoms with Crippen LogP contribution in [0.25, 0.3) is 0 Å². The fraction of sp³-hybridized carbons (Fsp3) is 0.400. The second kappa shape index (κ2) is 4.96. The van der Waals surface area contributed by atoms with E-state index >= 15 is 0 Å². The Hall–Kier alpha value is -1.09. The van der Waals surface area contributed by atoms with E-state index in [0.29, 0.717) is 17.3 Å². The molecule has 14 heavy (non-hydrogen) atoms. The lowest BCUT2D eigenvalue weighted by Crippen LogP contribution is -2.06. The van der Waals surface area contributed by atoms with Crippen molar-refractivity contribution in [2.75, 3.05) is 7.11 Å². The summed E-state index contributed by atoms with van der Waals surface area (Å²) in [5.41, 5.74) is 2.06. The topological polar surface area (TPSA) is 39.2 Å². The van der Waals surface area contributed by atoms with Crippen LogP contribution in [0.2, 0.25) is 0 Å². The predicted octanol–water partition coefficient (Wildman–Crippen LogP) is 2.17. The molecule has 0 bridgehead atoms. The Kier molecular flexibility index (Phi) is 3.89. The molecular weight excluding hydrogens is 202 g/mol. The van der Waals surface area contributed by atoms with E-state index < -0.39 is 5.97 Å². The molecule has 0 N–H and O–H groups in total. The summed E-state index contributed by atoms with van der Waals surface area (Å²) in [7, 11) is 1.34. The fourth-order valence-corrected chi connectivity index (χ4v) is 1.27. The fourth-order valence-electron chi connectivity index (χ4n) is 1.13. The van der Waals surface area contributed by atoms with Crippen molar-refractivity contribution >= 4 is 17.6 Å². The zero-order valence-electron chi connectivity index (χ0n) is 8.21. The molecule has 1 aromatic rings. The number of methoxy groups -OCH3 is 1. The summed E-state index contributed by atoms with van der Waals surface area (Å²) in [6.45, 7) is 2.01. The van der Waals surface area contributed by atoms with Crippen LogP contribution in [-0.2, 0) is 17.0 Å². The Morgan fingerprint density at radius 1 is 1.57 bits per heavy atom. The third kappa shape index (κ3) is 2.45. The van der Waals surface area contributed by atoms with E-state index in [1.807, 2.05) is 13.0 Å². The van der Waals surface area contributed by atoms with Gasteiger partial charge in [-0.15, -0.1) is 11.6 Å². The zero-order valence-corrected chi connectivity index (χ0v) is 8.97. The molecule has 0 radical (unpaired) electrons. The molecule has 0 saturated heterocycles. The number of aryl methyl sites for hydroxylation is 1. The van der Waals surface area contributed by atoms with Crippen LogP contribution in [0.15, 0.2) is 12.1 Å². The number of hydrogen-bond acceptors (Lipinski definition) is 3. The molecule has 1 heterocycles. The number of carbonyl (C=O) groups is 1. The van der Waals surface area contributed by atoms with E-state index in [9.17, 15) is 4.79 Å². The number of aromatic nitrogens is 1. The lowest BCUT2D eigenvalue weighted by atomic mass is 10.1. The van der Waals surface area contributed by atoms with Crippen molar-refractivity contribution < 1.29 is 9.53 Å². The van der Waals surface area contributed by atoms with Gasteiger partial charge in [-0.05, 0) is 24.1 Å². The van der Waals surface area contributed by atoms with Crippen LogP contribution in [0.5, 0.6) is 0 Å². The molecule has 0 amide bonds. The van der Waals surface area contributed by atoms with Gasteiger partial charge >= 0.3 is 5.97 Å². The van der Waals surface area contributed by atoms with Crippen LogP contribution in [0.4, 0.5) is 0 Å². The van der Waals surface area contributed by atoms with Crippen molar-refractivity contribution in [3.63, 3.8) is 0 Å². The van der Waals surface area contributed by atoms with Crippen molar-refractivity contribution in [2.24, 2.45) is 0 Å². The first-order chi connectivity index (χ1) is 6.71. The van der Waals surface area contributed by atoms with Crippen molar-refractivity contribution in [3.05, 3.63) is 29.1 Å². The van der Waals surface area contributed by atoms with Gasteiger partial charge in [-0.2, -0.15) is 0 Å². The number of halogens is 1. The van der Waals surface area contributed by atoms with Crippen molar-refractivity contribution in [3.8, 4) is 0 Å². The standard InChI is InChI=1S/C10H12ClNO2/c1-3-7-4-8(6-11)12-9(5-7)10(13)14-2/h4-5H,3,6H2,1-2H3. The number of rotatable bonds is 3. The second-order valence-corrected chi connectivity index (χ2v) is 3.10. The molecule has 0 aliphatic rings. The number of hydrogen-bond donors (Lipinski definition) is 0. The van der Waals surface area contributed by atoms with Crippen LogP contribution in [0.1, 0.15) is 28.7 Å². The predicted molar refractivity (Wildman–Crippen MR) is 54.5 cm³/mol. The molecule has 0 aliphatic carbocycles. The number of nitrogens with zero attached hydrogens (tertiary/aromatic N) is 1. The molecule has 0 aromatic carbocycles. The van der Waals surface area contributed by atoms with Crippen LogP contribution in [0.3, 0.4) is 0 Å². The minimum atomic E-state index is -0.424. The molecule has 0 aliphatic heterocycles. The molecule has 3 nitrogen and oxygen atoms in total. The molecule has 1 rings (SSSR count). The largest absolute Gasteiger partial charge is 0.464 e. The van der Waals surface area contributed by atoms with Crippen molar-refractivity contribution in [1.29, 1.82) is 0 Å². The highest BCUT2D eigenvalue weighted by molar-refractivity contribution is 6.16. The van der Waals surface area contributed by atoms with Gasteiger partial charge in [0.1, 0.15) is 5.69 Å². The van der Waals surface area contributed by atoms with E-state index in [1.165, 1.54) is 7.11 Å². The van der Waals surface area contributed by atoms with Crippen LogP contribution in [0, 0.1) is 0 Å². The molecule has 4 heteroatoms. The molecular formula is C10H12ClNO2. The summed E-state index contributed by atoms with van der Waals surface area (Å²) < 4.78 is 4.59. The summed E-state index contributed by atoms with van der Waals surface area (Å²) >= 11 is 5.66. The van der Waals surface area contributed by atoms with E-state index in [-0.39, 0.29) is 0 Å². The minimum absolute atomic E-state index is 0.303. The highest BCUT2D eigenvalue weighted by Gasteiger charge is 2.09. The summed E-state index contributed by atoms with van der Waals surface area (Å²) in [5.74, 6) is -0.121. The normalized spacial score (nSPS) is 9.93. The maximum absolute atomic E-state index is 11.2. The first-order valence-electron chi connectivity index (χ1n) is 4.35. The van der Waals surface area contributed by atoms with E-state index in [2.05, 4.69) is 9.72 Å². The molecule has 0 fully saturated rings. The van der Waals surface area contributed by atoms with E-state index in [4.69, 9.17) is 11.6 Å². The Labute approximate surface area is 88.1 Å². The average molecular weight is 214 g/mol. The number of pyridine rings is 1. The third-order valence-electron chi connectivity index (χ3n) is 1.88. The van der Waals surface area contributed by atoms with Crippen molar-refractivity contribution in [2.45, 2.75) is 19.2 Å². The number of esters is 1. The number of carbonyl (C=O) groups excluding carboxylic acids is 1. The average Bonchev–Trinajstić information content (AvgIpc) is 2.27. The van der Waals surface area contributed by atoms with Crippen molar-refractivity contribution in [1.82, 2.24) is 4.98 Å². The second-order valence-electron chi connectivity index (χ2n) is 2.83. The lowest BCUT2D eigenvalue weighted by Gasteiger charge is -2.04. The van der Waals surface area contributed by atoms with Crippen LogP contribution in [-0.4, -0.2) is 18.1 Å². The maximum Gasteiger partial charge on any atom is 0.356 e. The van der Waals surface area contributed by atoms with E-state index in [1.54, 1.807) is 6.07 Å². The first kappa shape index (κ1) is 11.0. The van der Waals surface area contributed by atoms with Crippen LogP contribution < -0.4 is 0 Å². The molecule has 0 spiro atoms. The van der Waals surface area contributed by atoms with E-state index in [0.717, 1.165) is 12.0 Å². The Bertz CT molecular complexity index is 317. The van der Waals surface area contributed by atoms with Gasteiger partial charge in [0.15, 0.2) is 0 Å². The smallest absolute Gasteiger partial charge is 0.356 e. The Balaban J connectivity index is 3.10. The van der Waals surface area contributed by atoms with Gasteiger partial charge in [-0.1, -0.05) is 6.92 Å². The summed E-state index contributed by atoms with van der Waals surface area (Å²) in [4.78, 5) is 15.3. The van der Waals surface area contributed by atoms with Gasteiger partial charge < -0.3 is 4.74 Å². The van der Waals surface area contributed by atoms with Gasteiger partial charge in [0.05, 0.1) is 18.7 Å². The maximum atomic E-state index is 11.2. The number of ether oxygens (including phenoxy) is 1. The highest BCUT2D eigenvalue weighted by atomic mass is 35.5. The Morgan fingerprint density at radius 3 is 2.79 bits per heavy atom. The first-order valence-corrected chi connectivity index (χ1v) is 4.88.